The number of aryl methyl sites for hydroxylation is 1. The number of carbonyl (C=O) groups is 3. The van der Waals surface area contributed by atoms with E-state index in [1.807, 2.05) is 24.3 Å². The van der Waals surface area contributed by atoms with Crippen LogP contribution in [0.3, 0.4) is 0 Å². The third-order valence-electron chi connectivity index (χ3n) is 6.28. The first-order valence-electron chi connectivity index (χ1n) is 12.6. The van der Waals surface area contributed by atoms with Gasteiger partial charge in [0.05, 0.1) is 0 Å². The van der Waals surface area contributed by atoms with Crippen LogP contribution in [0.25, 0.3) is 0 Å². The van der Waals surface area contributed by atoms with E-state index in [9.17, 15) is 19.5 Å². The van der Waals surface area contributed by atoms with Crippen molar-refractivity contribution in [3.05, 3.63) is 29.8 Å². The molecular formula is C25H38Cl2N6O4. The fourth-order valence-electron chi connectivity index (χ4n) is 4.42. The molecule has 206 valence electrons. The SMILES string of the molecule is NC(N)=NCCC[C@H](NC(=O)CCCc1ccc(N(CCCl)CCCl)cc1)C(=O)N1CCC[C@H]1C(=O)O. The number of aliphatic carboxylic acids is 1. The molecule has 0 aromatic heterocycles. The molecule has 1 aromatic rings. The number of halogens is 2. The molecule has 6 N–H and O–H groups in total. The molecule has 0 unspecified atom stereocenters. The van der Waals surface area contributed by atoms with Crippen molar-refractivity contribution in [1.29, 1.82) is 0 Å². The Labute approximate surface area is 228 Å². The standard InChI is InChI=1S/C25H38Cl2N6O4/c26-12-16-32(17-13-27)19-10-8-18(9-11-19)4-1-7-22(34)31-20(5-2-14-30-25(28)29)23(35)33-15-3-6-21(33)24(36)37/h8-11,20-21H,1-7,12-17H2,(H,31,34)(H,36,37)(H4,28,29,30)/t20-,21-/m0/s1. The molecule has 1 saturated heterocycles. The lowest BCUT2D eigenvalue weighted by atomic mass is 10.1. The number of carboxylic acid groups (broad SMARTS) is 1. The number of amides is 2. The van der Waals surface area contributed by atoms with E-state index in [2.05, 4.69) is 15.2 Å². The summed E-state index contributed by atoms with van der Waals surface area (Å²) in [6, 6.07) is 6.41. The Morgan fingerprint density at radius 3 is 2.41 bits per heavy atom. The largest absolute Gasteiger partial charge is 0.480 e. The van der Waals surface area contributed by atoms with Gasteiger partial charge in [-0.15, -0.1) is 23.2 Å². The number of alkyl halides is 2. The number of likely N-dealkylation sites (tertiary alicyclic amines) is 1. The van der Waals surface area contributed by atoms with Gasteiger partial charge in [0.25, 0.3) is 0 Å². The summed E-state index contributed by atoms with van der Waals surface area (Å²) in [6.07, 6.45) is 3.36. The number of carboxylic acids is 1. The molecule has 0 radical (unpaired) electrons. The second-order valence-corrected chi connectivity index (χ2v) is 9.74. The number of hydrogen-bond acceptors (Lipinski definition) is 5. The third kappa shape index (κ3) is 10.3. The molecule has 2 amide bonds. The quantitative estimate of drug-likeness (QED) is 0.105. The minimum absolute atomic E-state index is 0.0452. The van der Waals surface area contributed by atoms with Gasteiger partial charge in [0.2, 0.25) is 11.8 Å². The monoisotopic (exact) mass is 556 g/mol. The molecule has 1 aliphatic rings. The Kier molecular flexibility index (Phi) is 13.3. The topological polar surface area (TPSA) is 154 Å². The lowest BCUT2D eigenvalue weighted by molar-refractivity contribution is -0.149. The van der Waals surface area contributed by atoms with Crippen molar-refractivity contribution >= 4 is 52.6 Å². The molecule has 37 heavy (non-hydrogen) atoms. The molecule has 1 aromatic carbocycles. The average Bonchev–Trinajstić information content (AvgIpc) is 3.36. The summed E-state index contributed by atoms with van der Waals surface area (Å²) in [6.45, 7) is 2.10. The molecule has 12 heteroatoms. The lowest BCUT2D eigenvalue weighted by Gasteiger charge is -2.27. The van der Waals surface area contributed by atoms with Gasteiger partial charge >= 0.3 is 5.97 Å². The zero-order valence-electron chi connectivity index (χ0n) is 21.1. The third-order valence-corrected chi connectivity index (χ3v) is 6.62. The number of rotatable bonds is 16. The van der Waals surface area contributed by atoms with E-state index in [4.69, 9.17) is 34.7 Å². The van der Waals surface area contributed by atoms with Gasteiger partial charge in [-0.05, 0) is 56.2 Å². The minimum Gasteiger partial charge on any atom is -0.480 e. The second-order valence-electron chi connectivity index (χ2n) is 8.98. The maximum atomic E-state index is 13.1. The number of nitrogens with zero attached hydrogens (tertiary/aromatic N) is 3. The summed E-state index contributed by atoms with van der Waals surface area (Å²) in [5.74, 6) is -0.678. The van der Waals surface area contributed by atoms with Crippen molar-refractivity contribution in [3.63, 3.8) is 0 Å². The molecule has 0 bridgehead atoms. The molecule has 10 nitrogen and oxygen atoms in total. The summed E-state index contributed by atoms with van der Waals surface area (Å²) in [5.41, 5.74) is 12.9. The van der Waals surface area contributed by atoms with E-state index in [0.717, 1.165) is 11.3 Å². The first-order chi connectivity index (χ1) is 17.8. The van der Waals surface area contributed by atoms with Gasteiger partial charge in [-0.2, -0.15) is 0 Å². The Bertz CT molecular complexity index is 905. The molecular weight excluding hydrogens is 519 g/mol. The molecule has 1 fully saturated rings. The van der Waals surface area contributed by atoms with Crippen molar-refractivity contribution in [3.8, 4) is 0 Å². The van der Waals surface area contributed by atoms with Crippen LogP contribution in [0.5, 0.6) is 0 Å². The Hall–Kier alpha value is -2.72. The summed E-state index contributed by atoms with van der Waals surface area (Å²) >= 11 is 11.8. The Balaban J connectivity index is 1.92. The zero-order valence-corrected chi connectivity index (χ0v) is 22.6. The number of guanidine groups is 1. The van der Waals surface area contributed by atoms with Gasteiger partial charge in [-0.1, -0.05) is 12.1 Å². The molecule has 0 spiro atoms. The molecule has 0 aliphatic carbocycles. The van der Waals surface area contributed by atoms with Gasteiger partial charge in [0, 0.05) is 50.0 Å². The van der Waals surface area contributed by atoms with Gasteiger partial charge < -0.3 is 31.7 Å². The van der Waals surface area contributed by atoms with Gasteiger partial charge in [0.1, 0.15) is 12.1 Å². The second kappa shape index (κ2) is 16.2. The number of carbonyl (C=O) groups excluding carboxylic acids is 2. The van der Waals surface area contributed by atoms with Crippen molar-refractivity contribution in [2.75, 3.05) is 42.8 Å². The highest BCUT2D eigenvalue weighted by molar-refractivity contribution is 6.18. The summed E-state index contributed by atoms with van der Waals surface area (Å²) < 4.78 is 0. The van der Waals surface area contributed by atoms with E-state index in [-0.39, 0.29) is 24.2 Å². The van der Waals surface area contributed by atoms with E-state index in [1.165, 1.54) is 4.90 Å². The fraction of sp³-hybridized carbons (Fsp3) is 0.600. The smallest absolute Gasteiger partial charge is 0.326 e. The molecule has 2 rings (SSSR count). The van der Waals surface area contributed by atoms with Crippen LogP contribution in [0.4, 0.5) is 5.69 Å². The minimum atomic E-state index is -1.03. The van der Waals surface area contributed by atoms with Crippen LogP contribution < -0.4 is 21.7 Å². The predicted octanol–water partition coefficient (Wildman–Crippen LogP) is 1.91. The Morgan fingerprint density at radius 2 is 1.81 bits per heavy atom. The van der Waals surface area contributed by atoms with Crippen LogP contribution >= 0.6 is 23.2 Å². The number of hydrogen-bond donors (Lipinski definition) is 4. The summed E-state index contributed by atoms with van der Waals surface area (Å²) in [7, 11) is 0. The van der Waals surface area contributed by atoms with Crippen LogP contribution in [0.1, 0.15) is 44.1 Å². The van der Waals surface area contributed by atoms with E-state index < -0.39 is 18.1 Å². The van der Waals surface area contributed by atoms with Crippen LogP contribution in [-0.4, -0.2) is 83.8 Å². The molecule has 2 atom stereocenters. The van der Waals surface area contributed by atoms with Crippen molar-refractivity contribution in [2.45, 2.75) is 57.0 Å². The van der Waals surface area contributed by atoms with Gasteiger partial charge in [-0.3, -0.25) is 14.6 Å². The van der Waals surface area contributed by atoms with Crippen LogP contribution in [0.15, 0.2) is 29.3 Å². The highest BCUT2D eigenvalue weighted by Gasteiger charge is 2.37. The zero-order chi connectivity index (χ0) is 27.2. The maximum Gasteiger partial charge on any atom is 0.326 e. The Morgan fingerprint density at radius 1 is 1.14 bits per heavy atom. The lowest BCUT2D eigenvalue weighted by Crippen LogP contribution is -2.51. The normalized spacial score (nSPS) is 15.7. The van der Waals surface area contributed by atoms with Crippen molar-refractivity contribution in [1.82, 2.24) is 10.2 Å². The van der Waals surface area contributed by atoms with Crippen LogP contribution in [-0.2, 0) is 20.8 Å². The number of benzene rings is 1. The number of anilines is 1. The summed E-state index contributed by atoms with van der Waals surface area (Å²) in [4.78, 5) is 44.8. The number of aliphatic imine (C=N–C) groups is 1. The van der Waals surface area contributed by atoms with Crippen molar-refractivity contribution < 1.29 is 19.5 Å². The van der Waals surface area contributed by atoms with E-state index >= 15 is 0 Å². The molecule has 1 heterocycles. The highest BCUT2D eigenvalue weighted by Crippen LogP contribution is 2.20. The first-order valence-corrected chi connectivity index (χ1v) is 13.7. The molecule has 0 saturated carbocycles. The maximum absolute atomic E-state index is 13.1. The van der Waals surface area contributed by atoms with Gasteiger partial charge in [0.15, 0.2) is 5.96 Å². The highest BCUT2D eigenvalue weighted by atomic mass is 35.5. The average molecular weight is 558 g/mol. The van der Waals surface area contributed by atoms with Crippen LogP contribution in [0, 0.1) is 0 Å². The van der Waals surface area contributed by atoms with Crippen LogP contribution in [0.2, 0.25) is 0 Å². The van der Waals surface area contributed by atoms with Gasteiger partial charge in [-0.25, -0.2) is 4.79 Å². The van der Waals surface area contributed by atoms with Crippen molar-refractivity contribution in [2.24, 2.45) is 16.5 Å². The first kappa shape index (κ1) is 30.5. The van der Waals surface area contributed by atoms with E-state index in [0.29, 0.717) is 76.5 Å². The predicted molar refractivity (Wildman–Crippen MR) is 147 cm³/mol. The van der Waals surface area contributed by atoms with E-state index in [1.54, 1.807) is 0 Å². The number of nitrogens with one attached hydrogen (secondary N) is 1. The fourth-order valence-corrected chi connectivity index (χ4v) is 4.82. The molecule has 1 aliphatic heterocycles. The number of nitrogens with two attached hydrogens (primary N) is 2. The summed E-state index contributed by atoms with van der Waals surface area (Å²) in [5, 5.41) is 12.3.